The van der Waals surface area contributed by atoms with Crippen molar-refractivity contribution in [2.75, 3.05) is 0 Å². The minimum absolute atomic E-state index is 0.910. The molecule has 0 spiro atoms. The third-order valence-electron chi connectivity index (χ3n) is 11.8. The van der Waals surface area contributed by atoms with E-state index in [1.807, 2.05) is 0 Å². The molecule has 0 unspecified atom stereocenters. The lowest BCUT2D eigenvalue weighted by Gasteiger charge is -2.17. The molecule has 4 nitrogen and oxygen atoms in total. The zero-order valence-corrected chi connectivity index (χ0v) is 32.1. The van der Waals surface area contributed by atoms with Crippen molar-refractivity contribution in [3.05, 3.63) is 218 Å². The average Bonchev–Trinajstić information content (AvgIpc) is 3.98. The standard InChI is InChI=1S/C55H36N4/c1-4-19-39(20-5-1)57-50-31-13-10-18-37(50)36-53(57)38-34-48(46-29-16-27-44-42-25-11-14-32-51(42)58(54(44)46)40-21-6-2-7-22-40)56-49(35-38)47-30-17-28-45-43-26-12-15-33-52(43)59(55(45)47)41-23-8-3-9-24-41/h1-36H. The van der Waals surface area contributed by atoms with Crippen molar-refractivity contribution in [2.45, 2.75) is 0 Å². The molecule has 8 aromatic carbocycles. The summed E-state index contributed by atoms with van der Waals surface area (Å²) in [4.78, 5) is 5.73. The number of hydrogen-bond acceptors (Lipinski definition) is 1. The number of benzene rings is 8. The second-order valence-corrected chi connectivity index (χ2v) is 15.2. The van der Waals surface area contributed by atoms with Crippen LogP contribution in [0.1, 0.15) is 0 Å². The van der Waals surface area contributed by atoms with Crippen LogP contribution in [0.2, 0.25) is 0 Å². The third-order valence-corrected chi connectivity index (χ3v) is 11.8. The second kappa shape index (κ2) is 13.3. The molecule has 4 heterocycles. The van der Waals surface area contributed by atoms with Gasteiger partial charge < -0.3 is 13.7 Å². The Morgan fingerprint density at radius 1 is 0.305 bits per heavy atom. The smallest absolute Gasteiger partial charge is 0.0737 e. The Balaban J connectivity index is 1.22. The first-order valence-corrected chi connectivity index (χ1v) is 20.1. The van der Waals surface area contributed by atoms with E-state index in [1.165, 1.54) is 38.0 Å². The van der Waals surface area contributed by atoms with Gasteiger partial charge in [-0.05, 0) is 72.8 Å². The Morgan fingerprint density at radius 2 is 0.712 bits per heavy atom. The van der Waals surface area contributed by atoms with E-state index in [0.29, 0.717) is 0 Å². The van der Waals surface area contributed by atoms with E-state index >= 15 is 0 Å². The Kier molecular flexibility index (Phi) is 7.50. The van der Waals surface area contributed by atoms with Gasteiger partial charge in [-0.3, -0.25) is 0 Å². The zero-order valence-electron chi connectivity index (χ0n) is 32.1. The molecule has 0 aliphatic heterocycles. The average molecular weight is 753 g/mol. The normalized spacial score (nSPS) is 11.7. The fraction of sp³-hybridized carbons (Fsp3) is 0. The predicted molar refractivity (Wildman–Crippen MR) is 246 cm³/mol. The molecule has 0 aliphatic carbocycles. The molecule has 0 saturated carbocycles. The quantitative estimate of drug-likeness (QED) is 0.166. The Hall–Kier alpha value is -7.95. The van der Waals surface area contributed by atoms with Crippen LogP contribution >= 0.6 is 0 Å². The monoisotopic (exact) mass is 752 g/mol. The molecule has 0 aliphatic rings. The summed E-state index contributed by atoms with van der Waals surface area (Å²) < 4.78 is 7.20. The number of para-hydroxylation sites is 8. The first kappa shape index (κ1) is 33.2. The van der Waals surface area contributed by atoms with Gasteiger partial charge in [-0.2, -0.15) is 0 Å². The first-order chi connectivity index (χ1) is 29.3. The fourth-order valence-corrected chi connectivity index (χ4v) is 9.32. The van der Waals surface area contributed by atoms with Gasteiger partial charge in [0.15, 0.2) is 0 Å². The molecule has 4 heteroatoms. The maximum Gasteiger partial charge on any atom is 0.0737 e. The zero-order chi connectivity index (χ0) is 38.9. The van der Waals surface area contributed by atoms with Crippen molar-refractivity contribution >= 4 is 54.5 Å². The molecule has 0 atom stereocenters. The minimum Gasteiger partial charge on any atom is -0.309 e. The summed E-state index contributed by atoms with van der Waals surface area (Å²) in [5.74, 6) is 0. The highest BCUT2D eigenvalue weighted by Crippen LogP contribution is 2.43. The van der Waals surface area contributed by atoms with Gasteiger partial charge >= 0.3 is 0 Å². The van der Waals surface area contributed by atoms with Crippen molar-refractivity contribution in [3.8, 4) is 50.8 Å². The molecule has 4 aromatic heterocycles. The van der Waals surface area contributed by atoms with Crippen molar-refractivity contribution in [1.29, 1.82) is 0 Å². The van der Waals surface area contributed by atoms with Gasteiger partial charge in [0.1, 0.15) is 0 Å². The summed E-state index contributed by atoms with van der Waals surface area (Å²) in [7, 11) is 0. The number of nitrogens with zero attached hydrogens (tertiary/aromatic N) is 4. The van der Waals surface area contributed by atoms with E-state index in [9.17, 15) is 0 Å². The molecule has 0 amide bonds. The largest absolute Gasteiger partial charge is 0.309 e. The van der Waals surface area contributed by atoms with E-state index in [4.69, 9.17) is 4.98 Å². The van der Waals surface area contributed by atoms with Crippen LogP contribution < -0.4 is 0 Å². The molecule has 0 fully saturated rings. The van der Waals surface area contributed by atoms with Gasteiger partial charge in [0, 0.05) is 60.7 Å². The van der Waals surface area contributed by atoms with Crippen LogP contribution in [0.25, 0.3) is 105 Å². The molecule has 0 N–H and O–H groups in total. The summed E-state index contributed by atoms with van der Waals surface area (Å²) in [6.07, 6.45) is 0. The molecular formula is C55H36N4. The lowest BCUT2D eigenvalue weighted by atomic mass is 9.99. The number of aromatic nitrogens is 4. The van der Waals surface area contributed by atoms with Crippen LogP contribution in [-0.4, -0.2) is 18.7 Å². The lowest BCUT2D eigenvalue weighted by Crippen LogP contribution is -2.00. The summed E-state index contributed by atoms with van der Waals surface area (Å²) in [5.41, 5.74) is 15.3. The second-order valence-electron chi connectivity index (χ2n) is 15.2. The van der Waals surface area contributed by atoms with Gasteiger partial charge in [-0.15, -0.1) is 0 Å². The summed E-state index contributed by atoms with van der Waals surface area (Å²) in [6, 6.07) is 78.5. The molecule has 0 radical (unpaired) electrons. The highest BCUT2D eigenvalue weighted by molar-refractivity contribution is 6.15. The predicted octanol–water partition coefficient (Wildman–Crippen LogP) is 14.2. The summed E-state index contributed by atoms with van der Waals surface area (Å²) in [5, 5.41) is 6.00. The van der Waals surface area contributed by atoms with E-state index in [-0.39, 0.29) is 0 Å². The first-order valence-electron chi connectivity index (χ1n) is 20.1. The molecule has 0 bridgehead atoms. The lowest BCUT2D eigenvalue weighted by molar-refractivity contribution is 1.13. The summed E-state index contributed by atoms with van der Waals surface area (Å²) >= 11 is 0. The molecule has 59 heavy (non-hydrogen) atoms. The molecular weight excluding hydrogens is 717 g/mol. The number of fused-ring (bicyclic) bond motifs is 7. The Bertz CT molecular complexity index is 3360. The van der Waals surface area contributed by atoms with Crippen LogP contribution in [0.4, 0.5) is 0 Å². The number of hydrogen-bond donors (Lipinski definition) is 0. The van der Waals surface area contributed by atoms with Gasteiger partial charge in [-0.1, -0.05) is 146 Å². The van der Waals surface area contributed by atoms with Gasteiger partial charge in [0.25, 0.3) is 0 Å². The Labute approximate surface area is 341 Å². The molecule has 0 saturated heterocycles. The number of rotatable bonds is 6. The highest BCUT2D eigenvalue weighted by atomic mass is 15.0. The van der Waals surface area contributed by atoms with E-state index < -0.39 is 0 Å². The molecule has 276 valence electrons. The van der Waals surface area contributed by atoms with Crippen molar-refractivity contribution in [1.82, 2.24) is 18.7 Å². The van der Waals surface area contributed by atoms with Crippen molar-refractivity contribution < 1.29 is 0 Å². The fourth-order valence-electron chi connectivity index (χ4n) is 9.32. The van der Waals surface area contributed by atoms with Crippen LogP contribution in [-0.2, 0) is 0 Å². The van der Waals surface area contributed by atoms with Crippen molar-refractivity contribution in [3.63, 3.8) is 0 Å². The van der Waals surface area contributed by atoms with Crippen LogP contribution in [0, 0.1) is 0 Å². The minimum atomic E-state index is 0.910. The topological polar surface area (TPSA) is 27.7 Å². The van der Waals surface area contributed by atoms with E-state index in [0.717, 1.165) is 67.4 Å². The number of pyridine rings is 1. The van der Waals surface area contributed by atoms with Crippen LogP contribution in [0.15, 0.2) is 218 Å². The van der Waals surface area contributed by atoms with Crippen LogP contribution in [0.3, 0.4) is 0 Å². The van der Waals surface area contributed by atoms with E-state index in [1.54, 1.807) is 0 Å². The SMILES string of the molecule is c1ccc(-n2c(-c3cc(-c4cccc5c6ccccc6n(-c6ccccc6)c45)nc(-c4cccc5c6ccccc6n(-c6ccccc6)c45)c3)cc3ccccc32)cc1. The van der Waals surface area contributed by atoms with Crippen molar-refractivity contribution in [2.24, 2.45) is 0 Å². The Morgan fingerprint density at radius 3 is 1.22 bits per heavy atom. The molecule has 12 aromatic rings. The van der Waals surface area contributed by atoms with Gasteiger partial charge in [0.05, 0.1) is 44.7 Å². The maximum atomic E-state index is 5.73. The highest BCUT2D eigenvalue weighted by Gasteiger charge is 2.22. The van der Waals surface area contributed by atoms with Crippen LogP contribution in [0.5, 0.6) is 0 Å². The summed E-state index contributed by atoms with van der Waals surface area (Å²) in [6.45, 7) is 0. The van der Waals surface area contributed by atoms with Gasteiger partial charge in [0.2, 0.25) is 0 Å². The van der Waals surface area contributed by atoms with Gasteiger partial charge in [-0.25, -0.2) is 4.98 Å². The molecule has 12 rings (SSSR count). The third kappa shape index (κ3) is 5.20. The maximum absolute atomic E-state index is 5.73. The van der Waals surface area contributed by atoms with E-state index in [2.05, 4.69) is 232 Å².